The molecule has 0 bridgehead atoms. The summed E-state index contributed by atoms with van der Waals surface area (Å²) in [6.45, 7) is 5.78. The van der Waals surface area contributed by atoms with Crippen molar-refractivity contribution in [2.45, 2.75) is 44.9 Å². The second-order valence-electron chi connectivity index (χ2n) is 8.83. The first-order valence-electron chi connectivity index (χ1n) is 11.3. The highest BCUT2D eigenvalue weighted by Gasteiger charge is 2.35. The average Bonchev–Trinajstić information content (AvgIpc) is 3.13. The Morgan fingerprint density at radius 3 is 2.45 bits per heavy atom. The van der Waals surface area contributed by atoms with Crippen LogP contribution in [0.3, 0.4) is 0 Å². The van der Waals surface area contributed by atoms with Gasteiger partial charge in [-0.25, -0.2) is 0 Å². The quantitative estimate of drug-likeness (QED) is 0.515. The van der Waals surface area contributed by atoms with Gasteiger partial charge in [0, 0.05) is 49.7 Å². The Hall–Kier alpha value is -2.61. The van der Waals surface area contributed by atoms with Gasteiger partial charge < -0.3 is 25.0 Å². The van der Waals surface area contributed by atoms with Crippen LogP contribution in [0.15, 0.2) is 42.5 Å². The van der Waals surface area contributed by atoms with Crippen LogP contribution in [-0.4, -0.2) is 66.2 Å². The number of aliphatic hydroxyl groups is 1. The minimum absolute atomic E-state index is 0.0229. The zero-order valence-electron chi connectivity index (χ0n) is 19.0. The van der Waals surface area contributed by atoms with Gasteiger partial charge >= 0.3 is 5.97 Å². The first-order chi connectivity index (χ1) is 15.8. The summed E-state index contributed by atoms with van der Waals surface area (Å²) < 4.78 is 5.41. The van der Waals surface area contributed by atoms with E-state index in [1.165, 1.54) is 6.92 Å². The minimum atomic E-state index is -0.538. The topological polar surface area (TPSA) is 82.1 Å². The molecule has 0 spiro atoms. The third-order valence-corrected chi connectivity index (χ3v) is 6.63. The number of carbonyl (C=O) groups excluding carboxylic acids is 2. The van der Waals surface area contributed by atoms with Gasteiger partial charge in [0.25, 0.3) is 5.91 Å². The first kappa shape index (κ1) is 23.5. The number of para-hydroxylation sites is 1. The molecule has 2 fully saturated rings. The fourth-order valence-electron chi connectivity index (χ4n) is 4.73. The molecule has 2 N–H and O–H groups in total. The number of aliphatic hydroxyl groups excluding tert-OH is 1. The number of nitrogens with zero attached hydrogens (tertiary/aromatic N) is 2. The molecule has 7 nitrogen and oxygen atoms in total. The van der Waals surface area contributed by atoms with E-state index in [-0.39, 0.29) is 24.0 Å². The summed E-state index contributed by atoms with van der Waals surface area (Å²) in [5.74, 6) is 0.176. The van der Waals surface area contributed by atoms with E-state index in [9.17, 15) is 14.7 Å². The van der Waals surface area contributed by atoms with Crippen molar-refractivity contribution >= 4 is 29.2 Å². The summed E-state index contributed by atoms with van der Waals surface area (Å²) in [6, 6.07) is 12.7. The highest BCUT2D eigenvalue weighted by atomic mass is 35.5. The molecule has 0 aliphatic carbocycles. The Bertz CT molecular complexity index is 1010. The van der Waals surface area contributed by atoms with Crippen LogP contribution in [-0.2, 0) is 4.79 Å². The van der Waals surface area contributed by atoms with E-state index in [4.69, 9.17) is 16.3 Å². The van der Waals surface area contributed by atoms with Crippen molar-refractivity contribution in [2.75, 3.05) is 31.1 Å². The number of likely N-dealkylation sites (tertiary alicyclic amines) is 1. The van der Waals surface area contributed by atoms with Gasteiger partial charge in [0.2, 0.25) is 0 Å². The summed E-state index contributed by atoms with van der Waals surface area (Å²) in [4.78, 5) is 28.2. The maximum Gasteiger partial charge on any atom is 0.308 e. The molecule has 2 saturated heterocycles. The number of ether oxygens (including phenoxy) is 1. The number of carbonyl (C=O) groups is 2. The molecule has 0 saturated carbocycles. The van der Waals surface area contributed by atoms with Gasteiger partial charge in [-0.15, -0.1) is 0 Å². The van der Waals surface area contributed by atoms with Crippen molar-refractivity contribution in [1.82, 2.24) is 10.2 Å². The van der Waals surface area contributed by atoms with Gasteiger partial charge in [0.15, 0.2) is 5.75 Å². The Balaban J connectivity index is 1.34. The molecule has 2 aliphatic rings. The van der Waals surface area contributed by atoms with Crippen LogP contribution in [0.25, 0.3) is 0 Å². The highest BCUT2D eigenvalue weighted by Crippen LogP contribution is 2.34. The number of hydrogen-bond acceptors (Lipinski definition) is 6. The summed E-state index contributed by atoms with van der Waals surface area (Å²) in [5, 5.41) is 15.0. The molecule has 0 radical (unpaired) electrons. The second kappa shape index (κ2) is 10.1. The largest absolute Gasteiger partial charge is 0.424 e. The van der Waals surface area contributed by atoms with Crippen molar-refractivity contribution in [1.29, 1.82) is 0 Å². The van der Waals surface area contributed by atoms with Gasteiger partial charge in [-0.3, -0.25) is 9.59 Å². The SMILES string of the molecule is CC(=O)Oc1cccc(C)c1N1C[C@H](NC2CCN(C(=O)c3ccc(Cl)cc3)CC2)[C@@H](O)C1. The second-order valence-corrected chi connectivity index (χ2v) is 9.27. The lowest BCUT2D eigenvalue weighted by Crippen LogP contribution is -2.50. The summed E-state index contributed by atoms with van der Waals surface area (Å²) in [7, 11) is 0. The molecule has 0 aromatic heterocycles. The Kier molecular flexibility index (Phi) is 7.22. The summed E-state index contributed by atoms with van der Waals surface area (Å²) in [6.07, 6.45) is 1.11. The maximum absolute atomic E-state index is 12.7. The molecule has 176 valence electrons. The van der Waals surface area contributed by atoms with Crippen LogP contribution in [0, 0.1) is 6.92 Å². The van der Waals surface area contributed by atoms with Crippen LogP contribution in [0.5, 0.6) is 5.75 Å². The van der Waals surface area contributed by atoms with Gasteiger partial charge in [0.05, 0.1) is 17.8 Å². The first-order valence-corrected chi connectivity index (χ1v) is 11.7. The number of nitrogens with one attached hydrogen (secondary N) is 1. The lowest BCUT2D eigenvalue weighted by atomic mass is 10.0. The number of β-amino-alcohol motifs (C(OH)–C–C–N with tert-alkyl or cyclic N) is 1. The van der Waals surface area contributed by atoms with Crippen LogP contribution in [0.1, 0.15) is 35.7 Å². The normalized spacial score (nSPS) is 21.3. The molecule has 2 aromatic carbocycles. The zero-order valence-corrected chi connectivity index (χ0v) is 19.7. The molecule has 1 amide bonds. The zero-order chi connectivity index (χ0) is 23.5. The van der Waals surface area contributed by atoms with Crippen LogP contribution < -0.4 is 15.0 Å². The van der Waals surface area contributed by atoms with E-state index in [2.05, 4.69) is 10.2 Å². The molecular weight excluding hydrogens is 442 g/mol. The number of halogens is 1. The van der Waals surface area contributed by atoms with Crippen LogP contribution >= 0.6 is 11.6 Å². The molecule has 0 unspecified atom stereocenters. The third-order valence-electron chi connectivity index (χ3n) is 6.38. The van der Waals surface area contributed by atoms with Crippen molar-refractivity contribution < 1.29 is 19.4 Å². The highest BCUT2D eigenvalue weighted by molar-refractivity contribution is 6.30. The van der Waals surface area contributed by atoms with Gasteiger partial charge in [-0.1, -0.05) is 23.7 Å². The van der Waals surface area contributed by atoms with Crippen LogP contribution in [0.4, 0.5) is 5.69 Å². The summed E-state index contributed by atoms with van der Waals surface area (Å²) in [5.41, 5.74) is 2.49. The van der Waals surface area contributed by atoms with Crippen molar-refractivity contribution in [3.05, 3.63) is 58.6 Å². The smallest absolute Gasteiger partial charge is 0.308 e. The number of amides is 1. The predicted octanol–water partition coefficient (Wildman–Crippen LogP) is 3.02. The van der Waals surface area contributed by atoms with Gasteiger partial charge in [0.1, 0.15) is 0 Å². The lowest BCUT2D eigenvalue weighted by molar-refractivity contribution is -0.131. The number of hydrogen-bond donors (Lipinski definition) is 2. The number of piperidine rings is 1. The molecule has 2 aromatic rings. The maximum atomic E-state index is 12.7. The lowest BCUT2D eigenvalue weighted by Gasteiger charge is -2.34. The summed E-state index contributed by atoms with van der Waals surface area (Å²) >= 11 is 5.92. The number of esters is 1. The molecule has 4 rings (SSSR count). The fraction of sp³-hybridized carbons (Fsp3) is 0.440. The Labute approximate surface area is 199 Å². The van der Waals surface area contributed by atoms with E-state index in [0.717, 1.165) is 24.1 Å². The van der Waals surface area contributed by atoms with Crippen molar-refractivity contribution in [3.8, 4) is 5.75 Å². The van der Waals surface area contributed by atoms with E-state index in [1.807, 2.05) is 24.0 Å². The molecule has 2 atom stereocenters. The van der Waals surface area contributed by atoms with Crippen molar-refractivity contribution in [3.63, 3.8) is 0 Å². The molecule has 33 heavy (non-hydrogen) atoms. The van der Waals surface area contributed by atoms with Crippen LogP contribution in [0.2, 0.25) is 5.02 Å². The Morgan fingerprint density at radius 1 is 1.09 bits per heavy atom. The Morgan fingerprint density at radius 2 is 1.79 bits per heavy atom. The number of aryl methyl sites for hydroxylation is 1. The fourth-order valence-corrected chi connectivity index (χ4v) is 4.86. The number of benzene rings is 2. The van der Waals surface area contributed by atoms with E-state index < -0.39 is 6.10 Å². The molecular formula is C25H30ClN3O4. The van der Waals surface area contributed by atoms with E-state index >= 15 is 0 Å². The monoisotopic (exact) mass is 471 g/mol. The third kappa shape index (κ3) is 5.49. The minimum Gasteiger partial charge on any atom is -0.424 e. The van der Waals surface area contributed by atoms with Crippen molar-refractivity contribution in [2.24, 2.45) is 0 Å². The molecule has 2 heterocycles. The number of rotatable bonds is 5. The van der Waals surface area contributed by atoms with E-state index in [0.29, 0.717) is 42.5 Å². The van der Waals surface area contributed by atoms with Gasteiger partial charge in [-0.05, 0) is 55.7 Å². The molecule has 2 aliphatic heterocycles. The molecule has 8 heteroatoms. The predicted molar refractivity (Wildman–Crippen MR) is 128 cm³/mol. The average molecular weight is 472 g/mol. The van der Waals surface area contributed by atoms with E-state index in [1.54, 1.807) is 30.3 Å². The standard InChI is InChI=1S/C25H30ClN3O4/c1-16-4-3-5-23(33-17(2)30)24(16)29-14-21(22(31)15-29)27-20-10-12-28(13-11-20)25(32)18-6-8-19(26)9-7-18/h3-9,20-22,27,31H,10-15H2,1-2H3/t21-,22-/m0/s1. The number of anilines is 1. The van der Waals surface area contributed by atoms with Gasteiger partial charge in [-0.2, -0.15) is 0 Å².